The van der Waals surface area contributed by atoms with Crippen LogP contribution in [0.3, 0.4) is 0 Å². The summed E-state index contributed by atoms with van der Waals surface area (Å²) in [6, 6.07) is 5.91. The maximum absolute atomic E-state index is 13.3. The molecule has 0 spiro atoms. The highest BCUT2D eigenvalue weighted by molar-refractivity contribution is 7.20. The summed E-state index contributed by atoms with van der Waals surface area (Å²) >= 11 is 1.47. The normalized spacial score (nSPS) is 16.2. The Morgan fingerprint density at radius 3 is 2.71 bits per heavy atom. The van der Waals surface area contributed by atoms with E-state index in [1.807, 2.05) is 30.0 Å². The SMILES string of the molecule is Cc1c(C(=O)N2CCCCCCC2)sc2ncnc(NCc3ccc4c(c3)OCO4)c12. The van der Waals surface area contributed by atoms with Crippen molar-refractivity contribution in [2.24, 2.45) is 0 Å². The van der Waals surface area contributed by atoms with Gasteiger partial charge in [-0.15, -0.1) is 11.3 Å². The number of anilines is 1. The number of nitrogens with zero attached hydrogens (tertiary/aromatic N) is 3. The zero-order chi connectivity index (χ0) is 21.2. The highest BCUT2D eigenvalue weighted by Crippen LogP contribution is 2.35. The number of carbonyl (C=O) groups is 1. The fraction of sp³-hybridized carbons (Fsp3) is 0.435. The van der Waals surface area contributed by atoms with Gasteiger partial charge in [-0.1, -0.05) is 25.3 Å². The number of nitrogens with one attached hydrogen (secondary N) is 1. The van der Waals surface area contributed by atoms with E-state index in [-0.39, 0.29) is 12.7 Å². The smallest absolute Gasteiger partial charge is 0.264 e. The Morgan fingerprint density at radius 2 is 1.87 bits per heavy atom. The van der Waals surface area contributed by atoms with Crippen LogP contribution in [0.5, 0.6) is 11.5 Å². The largest absolute Gasteiger partial charge is 0.454 e. The summed E-state index contributed by atoms with van der Waals surface area (Å²) in [6.45, 7) is 4.54. The van der Waals surface area contributed by atoms with E-state index in [1.165, 1.54) is 30.6 Å². The van der Waals surface area contributed by atoms with Gasteiger partial charge in [-0.2, -0.15) is 0 Å². The molecular weight excluding hydrogens is 412 g/mol. The predicted molar refractivity (Wildman–Crippen MR) is 121 cm³/mol. The lowest BCUT2D eigenvalue weighted by Crippen LogP contribution is -2.33. The van der Waals surface area contributed by atoms with E-state index >= 15 is 0 Å². The van der Waals surface area contributed by atoms with Gasteiger partial charge in [0.2, 0.25) is 6.79 Å². The zero-order valence-electron chi connectivity index (χ0n) is 17.6. The van der Waals surface area contributed by atoms with Crippen molar-refractivity contribution < 1.29 is 14.3 Å². The maximum atomic E-state index is 13.3. The Hall–Kier alpha value is -2.87. The van der Waals surface area contributed by atoms with Gasteiger partial charge in [0, 0.05) is 19.6 Å². The number of fused-ring (bicyclic) bond motifs is 2. The number of aryl methyl sites for hydroxylation is 1. The van der Waals surface area contributed by atoms with Crippen molar-refractivity contribution in [2.75, 3.05) is 25.2 Å². The summed E-state index contributed by atoms with van der Waals surface area (Å²) in [7, 11) is 0. The number of carbonyl (C=O) groups excluding carboxylic acids is 1. The first-order valence-corrected chi connectivity index (χ1v) is 11.7. The Balaban J connectivity index is 1.38. The lowest BCUT2D eigenvalue weighted by atomic mass is 10.1. The van der Waals surface area contributed by atoms with Crippen LogP contribution in [-0.2, 0) is 6.54 Å². The number of benzene rings is 1. The average molecular weight is 439 g/mol. The summed E-state index contributed by atoms with van der Waals surface area (Å²) in [5.41, 5.74) is 2.03. The summed E-state index contributed by atoms with van der Waals surface area (Å²) in [6.07, 6.45) is 7.40. The van der Waals surface area contributed by atoms with Crippen molar-refractivity contribution in [1.29, 1.82) is 0 Å². The molecule has 1 fully saturated rings. The van der Waals surface area contributed by atoms with Crippen LogP contribution < -0.4 is 14.8 Å². The van der Waals surface area contributed by atoms with Crippen LogP contribution in [0.2, 0.25) is 0 Å². The maximum Gasteiger partial charge on any atom is 0.264 e. The third-order valence-electron chi connectivity index (χ3n) is 5.96. The van der Waals surface area contributed by atoms with E-state index < -0.39 is 0 Å². The van der Waals surface area contributed by atoms with Crippen molar-refractivity contribution in [1.82, 2.24) is 14.9 Å². The molecule has 1 N–H and O–H groups in total. The highest BCUT2D eigenvalue weighted by Gasteiger charge is 2.24. The van der Waals surface area contributed by atoms with Gasteiger partial charge in [0.05, 0.1) is 10.3 Å². The molecule has 0 saturated carbocycles. The zero-order valence-corrected chi connectivity index (χ0v) is 18.5. The molecule has 3 aromatic rings. The van der Waals surface area contributed by atoms with E-state index in [0.717, 1.165) is 69.5 Å². The summed E-state index contributed by atoms with van der Waals surface area (Å²) in [4.78, 5) is 25.9. The van der Waals surface area contributed by atoms with E-state index in [2.05, 4.69) is 15.3 Å². The number of aromatic nitrogens is 2. The van der Waals surface area contributed by atoms with Crippen LogP contribution in [0.1, 0.15) is 52.9 Å². The molecule has 0 aliphatic carbocycles. The van der Waals surface area contributed by atoms with Crippen LogP contribution in [0, 0.1) is 6.92 Å². The van der Waals surface area contributed by atoms with Gasteiger partial charge >= 0.3 is 0 Å². The molecule has 0 unspecified atom stereocenters. The molecule has 4 heterocycles. The van der Waals surface area contributed by atoms with Crippen LogP contribution in [0.25, 0.3) is 10.2 Å². The molecule has 2 aliphatic heterocycles. The van der Waals surface area contributed by atoms with Crippen LogP contribution >= 0.6 is 11.3 Å². The molecule has 5 rings (SSSR count). The van der Waals surface area contributed by atoms with E-state index in [0.29, 0.717) is 6.54 Å². The van der Waals surface area contributed by atoms with Crippen molar-refractivity contribution in [3.05, 3.63) is 40.5 Å². The molecule has 31 heavy (non-hydrogen) atoms. The Labute approximate surface area is 185 Å². The van der Waals surface area contributed by atoms with Crippen LogP contribution in [-0.4, -0.2) is 40.7 Å². The average Bonchev–Trinajstić information content (AvgIpc) is 3.36. The molecule has 1 amide bonds. The lowest BCUT2D eigenvalue weighted by molar-refractivity contribution is 0.0746. The predicted octanol–water partition coefficient (Wildman–Crippen LogP) is 4.75. The second-order valence-electron chi connectivity index (χ2n) is 8.06. The molecule has 162 valence electrons. The molecular formula is C23H26N4O3S. The van der Waals surface area contributed by atoms with Gasteiger partial charge in [0.25, 0.3) is 5.91 Å². The van der Waals surface area contributed by atoms with Gasteiger partial charge in [-0.05, 0) is 43.0 Å². The summed E-state index contributed by atoms with van der Waals surface area (Å²) < 4.78 is 10.9. The number of ether oxygens (including phenoxy) is 2. The van der Waals surface area contributed by atoms with E-state index in [1.54, 1.807) is 6.33 Å². The minimum absolute atomic E-state index is 0.129. The molecule has 2 aromatic heterocycles. The van der Waals surface area contributed by atoms with Crippen LogP contribution in [0.4, 0.5) is 5.82 Å². The first-order chi connectivity index (χ1) is 15.2. The third-order valence-corrected chi connectivity index (χ3v) is 7.15. The van der Waals surface area contributed by atoms with Crippen molar-refractivity contribution in [3.8, 4) is 11.5 Å². The molecule has 1 aromatic carbocycles. The fourth-order valence-electron chi connectivity index (χ4n) is 4.24. The molecule has 8 heteroatoms. The van der Waals surface area contributed by atoms with Crippen molar-refractivity contribution in [3.63, 3.8) is 0 Å². The molecule has 1 saturated heterocycles. The van der Waals surface area contributed by atoms with Crippen molar-refractivity contribution in [2.45, 2.75) is 45.6 Å². The third kappa shape index (κ3) is 4.04. The number of rotatable bonds is 4. The Kier molecular flexibility index (Phi) is 5.63. The minimum Gasteiger partial charge on any atom is -0.454 e. The van der Waals surface area contributed by atoms with Crippen LogP contribution in [0.15, 0.2) is 24.5 Å². The number of hydrogen-bond donors (Lipinski definition) is 1. The second-order valence-corrected chi connectivity index (χ2v) is 9.06. The van der Waals surface area contributed by atoms with Gasteiger partial charge in [-0.3, -0.25) is 4.79 Å². The molecule has 2 aliphatic rings. The lowest BCUT2D eigenvalue weighted by Gasteiger charge is -2.24. The first-order valence-electron chi connectivity index (χ1n) is 10.9. The standard InChI is InChI=1S/C23H26N4O3S/c1-15-19-21(24-12-16-7-8-17-18(11-16)30-14-29-17)25-13-26-22(19)31-20(15)23(28)27-9-5-3-2-4-6-10-27/h7-8,11,13H,2-6,9-10,12,14H2,1H3,(H,24,25,26). The number of hydrogen-bond acceptors (Lipinski definition) is 7. The second kappa shape index (κ2) is 8.70. The fourth-order valence-corrected chi connectivity index (χ4v) is 5.36. The van der Waals surface area contributed by atoms with Gasteiger partial charge in [0.1, 0.15) is 17.0 Å². The molecule has 0 bridgehead atoms. The van der Waals surface area contributed by atoms with Gasteiger partial charge in [0.15, 0.2) is 11.5 Å². The molecule has 0 radical (unpaired) electrons. The highest BCUT2D eigenvalue weighted by atomic mass is 32.1. The number of thiophene rings is 1. The Bertz CT molecular complexity index is 1110. The topological polar surface area (TPSA) is 76.6 Å². The number of amides is 1. The summed E-state index contributed by atoms with van der Waals surface area (Å²) in [5, 5.41) is 4.35. The minimum atomic E-state index is 0.129. The van der Waals surface area contributed by atoms with Crippen molar-refractivity contribution >= 4 is 33.3 Å². The van der Waals surface area contributed by atoms with E-state index in [9.17, 15) is 4.79 Å². The quantitative estimate of drug-likeness (QED) is 0.634. The van der Waals surface area contributed by atoms with Gasteiger partial charge < -0.3 is 19.7 Å². The van der Waals surface area contributed by atoms with Gasteiger partial charge in [-0.25, -0.2) is 9.97 Å². The number of likely N-dealkylation sites (tertiary alicyclic amines) is 1. The monoisotopic (exact) mass is 438 g/mol. The Morgan fingerprint density at radius 1 is 1.10 bits per heavy atom. The van der Waals surface area contributed by atoms with E-state index in [4.69, 9.17) is 9.47 Å². The summed E-state index contributed by atoms with van der Waals surface area (Å²) in [5.74, 6) is 2.42. The molecule has 0 atom stereocenters. The molecule has 7 nitrogen and oxygen atoms in total. The first kappa shape index (κ1) is 20.1.